The van der Waals surface area contributed by atoms with Gasteiger partial charge in [0.1, 0.15) is 18.9 Å². The summed E-state index contributed by atoms with van der Waals surface area (Å²) in [6.07, 6.45) is 2.09. The predicted octanol–water partition coefficient (Wildman–Crippen LogP) is 4.31. The van der Waals surface area contributed by atoms with E-state index in [-0.39, 0.29) is 5.41 Å². The molecule has 0 aliphatic carbocycles. The first-order valence-electron chi connectivity index (χ1n) is 8.86. The van der Waals surface area contributed by atoms with Crippen molar-refractivity contribution in [1.82, 2.24) is 14.5 Å². The largest absolute Gasteiger partial charge is 0.486 e. The third-order valence-electron chi connectivity index (χ3n) is 4.40. The van der Waals surface area contributed by atoms with Crippen LogP contribution in [0.15, 0.2) is 42.6 Å². The zero-order valence-corrected chi connectivity index (χ0v) is 15.6. The Morgan fingerprint density at radius 3 is 2.46 bits per heavy atom. The minimum absolute atomic E-state index is 0.0579. The van der Waals surface area contributed by atoms with E-state index in [1.54, 1.807) is 0 Å². The van der Waals surface area contributed by atoms with Crippen LogP contribution in [0.4, 0.5) is 0 Å². The highest BCUT2D eigenvalue weighted by molar-refractivity contribution is 5.58. The van der Waals surface area contributed by atoms with Crippen LogP contribution < -0.4 is 9.47 Å². The van der Waals surface area contributed by atoms with E-state index in [2.05, 4.69) is 36.5 Å². The Labute approximate surface area is 153 Å². The highest BCUT2D eigenvalue weighted by Gasteiger charge is 2.22. The smallest absolute Gasteiger partial charge is 0.163 e. The fourth-order valence-corrected chi connectivity index (χ4v) is 2.97. The van der Waals surface area contributed by atoms with Gasteiger partial charge in [0.2, 0.25) is 0 Å². The molecular weight excluding hydrogens is 326 g/mol. The number of fused-ring (bicyclic) bond motifs is 1. The molecule has 134 valence electrons. The van der Waals surface area contributed by atoms with Crippen molar-refractivity contribution < 1.29 is 9.47 Å². The molecule has 5 heteroatoms. The summed E-state index contributed by atoms with van der Waals surface area (Å²) in [4.78, 5) is 9.58. The number of imidazole rings is 1. The van der Waals surface area contributed by atoms with Crippen molar-refractivity contribution >= 4 is 0 Å². The number of ether oxygens (including phenoxy) is 2. The lowest BCUT2D eigenvalue weighted by atomic mass is 9.93. The van der Waals surface area contributed by atoms with Gasteiger partial charge in [-0.15, -0.1) is 0 Å². The molecule has 0 atom stereocenters. The quantitative estimate of drug-likeness (QED) is 0.692. The van der Waals surface area contributed by atoms with Crippen LogP contribution in [0.5, 0.6) is 11.5 Å². The molecule has 0 spiro atoms. The molecular formula is C21H23N3O2. The summed E-state index contributed by atoms with van der Waals surface area (Å²) in [5.74, 6) is 2.38. The Balaban J connectivity index is 1.88. The molecule has 1 aliphatic rings. The fourth-order valence-electron chi connectivity index (χ4n) is 2.97. The first-order valence-corrected chi connectivity index (χ1v) is 8.86. The van der Waals surface area contributed by atoms with Gasteiger partial charge in [-0.05, 0) is 31.2 Å². The predicted molar refractivity (Wildman–Crippen MR) is 101 cm³/mol. The Hall–Kier alpha value is -2.82. The van der Waals surface area contributed by atoms with Gasteiger partial charge in [-0.3, -0.25) is 4.57 Å². The summed E-state index contributed by atoms with van der Waals surface area (Å²) in [5, 5.41) is 0. The number of aromatic nitrogens is 3. The molecule has 0 saturated carbocycles. The lowest BCUT2D eigenvalue weighted by Gasteiger charge is -2.19. The summed E-state index contributed by atoms with van der Waals surface area (Å²) >= 11 is 0. The van der Waals surface area contributed by atoms with Crippen LogP contribution in [-0.4, -0.2) is 27.7 Å². The number of nitrogens with zero attached hydrogens (tertiary/aromatic N) is 3. The summed E-state index contributed by atoms with van der Waals surface area (Å²) in [6, 6.07) is 12.0. The zero-order valence-electron chi connectivity index (χ0n) is 15.6. The van der Waals surface area contributed by atoms with Crippen molar-refractivity contribution in [3.63, 3.8) is 0 Å². The molecule has 0 bridgehead atoms. The van der Waals surface area contributed by atoms with Crippen molar-refractivity contribution in [2.24, 2.45) is 0 Å². The second-order valence-corrected chi connectivity index (χ2v) is 7.56. The van der Waals surface area contributed by atoms with E-state index in [9.17, 15) is 0 Å². The monoisotopic (exact) mass is 349 g/mol. The number of aryl methyl sites for hydroxylation is 1. The second-order valence-electron chi connectivity index (χ2n) is 7.56. The van der Waals surface area contributed by atoms with Crippen molar-refractivity contribution in [3.05, 3.63) is 54.0 Å². The highest BCUT2D eigenvalue weighted by Crippen LogP contribution is 2.34. The lowest BCUT2D eigenvalue weighted by molar-refractivity contribution is 0.171. The molecule has 3 heterocycles. The number of benzene rings is 1. The maximum atomic E-state index is 5.75. The van der Waals surface area contributed by atoms with E-state index in [0.717, 1.165) is 40.1 Å². The molecule has 4 rings (SSSR count). The van der Waals surface area contributed by atoms with Crippen LogP contribution >= 0.6 is 0 Å². The number of hydrogen-bond acceptors (Lipinski definition) is 4. The average Bonchev–Trinajstić information content (AvgIpc) is 3.07. The molecule has 2 aromatic heterocycles. The van der Waals surface area contributed by atoms with Crippen molar-refractivity contribution in [3.8, 4) is 28.7 Å². The van der Waals surface area contributed by atoms with E-state index >= 15 is 0 Å². The molecule has 0 amide bonds. The topological polar surface area (TPSA) is 49.2 Å². The molecule has 0 unspecified atom stereocenters. The van der Waals surface area contributed by atoms with Gasteiger partial charge in [-0.2, -0.15) is 0 Å². The highest BCUT2D eigenvalue weighted by atomic mass is 16.6. The van der Waals surface area contributed by atoms with Gasteiger partial charge in [0.25, 0.3) is 0 Å². The third-order valence-corrected chi connectivity index (χ3v) is 4.40. The van der Waals surface area contributed by atoms with Crippen LogP contribution in [0.3, 0.4) is 0 Å². The van der Waals surface area contributed by atoms with E-state index in [1.165, 1.54) is 0 Å². The molecule has 26 heavy (non-hydrogen) atoms. The number of pyridine rings is 1. The minimum Gasteiger partial charge on any atom is -0.486 e. The first kappa shape index (κ1) is 16.6. The molecule has 3 aromatic rings. The van der Waals surface area contributed by atoms with E-state index in [1.807, 2.05) is 43.3 Å². The lowest BCUT2D eigenvalue weighted by Crippen LogP contribution is -2.15. The SMILES string of the molecule is Cc1cccc(-c2nc(C(C)(C)C)cn2-c2ccc3c(c2)OCCO3)n1. The normalized spacial score (nSPS) is 13.7. The minimum atomic E-state index is -0.0579. The maximum absolute atomic E-state index is 5.75. The summed E-state index contributed by atoms with van der Waals surface area (Å²) < 4.78 is 13.5. The van der Waals surface area contributed by atoms with Crippen LogP contribution in [0.25, 0.3) is 17.2 Å². The molecule has 0 saturated heterocycles. The summed E-state index contributed by atoms with van der Waals surface area (Å²) in [6.45, 7) is 9.64. The Morgan fingerprint density at radius 1 is 0.962 bits per heavy atom. The molecule has 5 nitrogen and oxygen atoms in total. The van der Waals surface area contributed by atoms with Gasteiger partial charge in [0.15, 0.2) is 17.3 Å². The molecule has 1 aliphatic heterocycles. The zero-order chi connectivity index (χ0) is 18.3. The van der Waals surface area contributed by atoms with Gasteiger partial charge in [0, 0.05) is 23.4 Å². The van der Waals surface area contributed by atoms with Crippen LogP contribution in [0.2, 0.25) is 0 Å². The average molecular weight is 349 g/mol. The molecule has 0 N–H and O–H groups in total. The first-order chi connectivity index (χ1) is 12.4. The second kappa shape index (κ2) is 6.16. The van der Waals surface area contributed by atoms with Crippen LogP contribution in [0, 0.1) is 6.92 Å². The molecule has 1 aromatic carbocycles. The Kier molecular flexibility index (Phi) is 3.94. The van der Waals surface area contributed by atoms with Gasteiger partial charge >= 0.3 is 0 Å². The number of rotatable bonds is 2. The third kappa shape index (κ3) is 3.05. The van der Waals surface area contributed by atoms with Gasteiger partial charge in [-0.25, -0.2) is 9.97 Å². The van der Waals surface area contributed by atoms with Crippen LogP contribution in [0.1, 0.15) is 32.2 Å². The Bertz CT molecular complexity index is 954. The standard InChI is InChI=1S/C21H23N3O2/c1-14-6-5-7-16(22-14)20-23-19(21(2,3)4)13-24(20)15-8-9-17-18(12-15)26-11-10-25-17/h5-9,12-13H,10-11H2,1-4H3. The van der Waals surface area contributed by atoms with Crippen molar-refractivity contribution in [2.45, 2.75) is 33.1 Å². The maximum Gasteiger partial charge on any atom is 0.163 e. The van der Waals surface area contributed by atoms with Gasteiger partial charge < -0.3 is 9.47 Å². The van der Waals surface area contributed by atoms with E-state index in [0.29, 0.717) is 13.2 Å². The Morgan fingerprint density at radius 2 is 1.73 bits per heavy atom. The van der Waals surface area contributed by atoms with E-state index < -0.39 is 0 Å². The van der Waals surface area contributed by atoms with Crippen molar-refractivity contribution in [1.29, 1.82) is 0 Å². The molecule has 0 radical (unpaired) electrons. The van der Waals surface area contributed by atoms with Gasteiger partial charge in [0.05, 0.1) is 11.4 Å². The number of hydrogen-bond donors (Lipinski definition) is 0. The van der Waals surface area contributed by atoms with Crippen LogP contribution in [-0.2, 0) is 5.41 Å². The van der Waals surface area contributed by atoms with E-state index in [4.69, 9.17) is 14.5 Å². The molecule has 0 fully saturated rings. The van der Waals surface area contributed by atoms with Crippen molar-refractivity contribution in [2.75, 3.05) is 13.2 Å². The fraction of sp³-hybridized carbons (Fsp3) is 0.333. The van der Waals surface area contributed by atoms with Gasteiger partial charge in [-0.1, -0.05) is 26.8 Å². The summed E-state index contributed by atoms with van der Waals surface area (Å²) in [5.41, 5.74) is 3.77. The summed E-state index contributed by atoms with van der Waals surface area (Å²) in [7, 11) is 0.